The fraction of sp³-hybridized carbons (Fsp3) is 0.263. The molecule has 0 aliphatic heterocycles. The summed E-state index contributed by atoms with van der Waals surface area (Å²) in [6, 6.07) is 17.1. The van der Waals surface area contributed by atoms with Crippen LogP contribution in [0.1, 0.15) is 17.5 Å². The highest BCUT2D eigenvalue weighted by molar-refractivity contribution is 5.77. The van der Waals surface area contributed by atoms with Crippen molar-refractivity contribution in [2.75, 3.05) is 13.2 Å². The molecule has 2 aromatic carbocycles. The van der Waals surface area contributed by atoms with Crippen LogP contribution in [0.3, 0.4) is 0 Å². The second-order valence-electron chi connectivity index (χ2n) is 5.27. The van der Waals surface area contributed by atoms with Crippen LogP contribution in [0, 0.1) is 18.3 Å². The number of carbonyl (C=O) groups is 1. The second kappa shape index (κ2) is 9.21. The van der Waals surface area contributed by atoms with E-state index in [-0.39, 0.29) is 12.3 Å². The molecule has 1 N–H and O–H groups in total. The lowest BCUT2D eigenvalue weighted by Gasteiger charge is -2.10. The highest BCUT2D eigenvalue weighted by Gasteiger charge is 2.02. The van der Waals surface area contributed by atoms with E-state index in [9.17, 15) is 4.79 Å². The van der Waals surface area contributed by atoms with E-state index in [0.29, 0.717) is 19.8 Å². The van der Waals surface area contributed by atoms with Crippen molar-refractivity contribution in [2.24, 2.45) is 0 Å². The standard InChI is InChI=1S/C19H20N2O3/c1-15-5-7-17(8-6-15)23-11-12-24-18-4-2-3-16(13-18)14-21-19(22)9-10-20/h2-8,13H,9,11-12,14H2,1H3,(H,21,22). The first-order valence-electron chi connectivity index (χ1n) is 7.72. The molecule has 0 spiro atoms. The van der Waals surface area contributed by atoms with Crippen LogP contribution in [0.5, 0.6) is 11.5 Å². The highest BCUT2D eigenvalue weighted by Crippen LogP contribution is 2.14. The van der Waals surface area contributed by atoms with Gasteiger partial charge in [-0.3, -0.25) is 4.79 Å². The van der Waals surface area contributed by atoms with Gasteiger partial charge in [0.25, 0.3) is 0 Å². The van der Waals surface area contributed by atoms with Crippen LogP contribution in [0.4, 0.5) is 0 Å². The van der Waals surface area contributed by atoms with Gasteiger partial charge in [-0.25, -0.2) is 0 Å². The summed E-state index contributed by atoms with van der Waals surface area (Å²) in [5.74, 6) is 1.25. The van der Waals surface area contributed by atoms with E-state index in [1.807, 2.05) is 61.5 Å². The zero-order valence-electron chi connectivity index (χ0n) is 13.6. The second-order valence-corrected chi connectivity index (χ2v) is 5.27. The predicted octanol–water partition coefficient (Wildman–Crippen LogP) is 2.98. The Morgan fingerprint density at radius 1 is 1.08 bits per heavy atom. The van der Waals surface area contributed by atoms with Gasteiger partial charge in [-0.2, -0.15) is 5.26 Å². The molecule has 0 heterocycles. The zero-order chi connectivity index (χ0) is 17.2. The SMILES string of the molecule is Cc1ccc(OCCOc2cccc(CNC(=O)CC#N)c2)cc1. The fourth-order valence-corrected chi connectivity index (χ4v) is 2.03. The Bertz CT molecular complexity index is 705. The smallest absolute Gasteiger partial charge is 0.234 e. The number of carbonyl (C=O) groups excluding carboxylic acids is 1. The lowest BCUT2D eigenvalue weighted by Crippen LogP contribution is -2.21. The summed E-state index contributed by atoms with van der Waals surface area (Å²) in [6.07, 6.45) is -0.132. The van der Waals surface area contributed by atoms with Crippen LogP contribution < -0.4 is 14.8 Å². The highest BCUT2D eigenvalue weighted by atomic mass is 16.5. The average Bonchev–Trinajstić information content (AvgIpc) is 2.59. The van der Waals surface area contributed by atoms with E-state index in [1.165, 1.54) is 5.56 Å². The predicted molar refractivity (Wildman–Crippen MR) is 90.7 cm³/mol. The van der Waals surface area contributed by atoms with Gasteiger partial charge in [0.15, 0.2) is 0 Å². The van der Waals surface area contributed by atoms with E-state index < -0.39 is 0 Å². The molecule has 5 nitrogen and oxygen atoms in total. The molecule has 0 saturated heterocycles. The van der Waals surface area contributed by atoms with Gasteiger partial charge in [-0.05, 0) is 36.8 Å². The first kappa shape index (κ1) is 17.4. The maximum atomic E-state index is 11.3. The van der Waals surface area contributed by atoms with E-state index in [0.717, 1.165) is 17.1 Å². The van der Waals surface area contributed by atoms with Crippen molar-refractivity contribution in [1.29, 1.82) is 5.26 Å². The number of rotatable bonds is 8. The van der Waals surface area contributed by atoms with Gasteiger partial charge in [0.2, 0.25) is 5.91 Å². The molecule has 2 aromatic rings. The molecular formula is C19H20N2O3. The van der Waals surface area contributed by atoms with Crippen LogP contribution in [0.25, 0.3) is 0 Å². The quantitative estimate of drug-likeness (QED) is 0.758. The first-order chi connectivity index (χ1) is 11.7. The van der Waals surface area contributed by atoms with Gasteiger partial charge >= 0.3 is 0 Å². The number of nitriles is 1. The van der Waals surface area contributed by atoms with Crippen molar-refractivity contribution in [3.8, 4) is 17.6 Å². The van der Waals surface area contributed by atoms with Crippen LogP contribution in [-0.4, -0.2) is 19.1 Å². The molecule has 0 radical (unpaired) electrons. The lowest BCUT2D eigenvalue weighted by atomic mass is 10.2. The van der Waals surface area contributed by atoms with Gasteiger partial charge in [-0.15, -0.1) is 0 Å². The molecule has 0 aliphatic rings. The molecule has 0 saturated carbocycles. The Morgan fingerprint density at radius 2 is 1.79 bits per heavy atom. The Hall–Kier alpha value is -3.00. The number of hydrogen-bond donors (Lipinski definition) is 1. The largest absolute Gasteiger partial charge is 0.490 e. The fourth-order valence-electron chi connectivity index (χ4n) is 2.03. The monoisotopic (exact) mass is 324 g/mol. The Labute approximate surface area is 141 Å². The number of nitrogens with zero attached hydrogens (tertiary/aromatic N) is 1. The van der Waals surface area contributed by atoms with Crippen LogP contribution in [-0.2, 0) is 11.3 Å². The summed E-state index contributed by atoms with van der Waals surface area (Å²) in [7, 11) is 0. The van der Waals surface area contributed by atoms with Crippen molar-refractivity contribution in [3.05, 3.63) is 59.7 Å². The van der Waals surface area contributed by atoms with E-state index in [4.69, 9.17) is 14.7 Å². The molecule has 0 aromatic heterocycles. The van der Waals surface area contributed by atoms with Crippen molar-refractivity contribution in [3.63, 3.8) is 0 Å². The normalized spacial score (nSPS) is 9.83. The third-order valence-corrected chi connectivity index (χ3v) is 3.27. The van der Waals surface area contributed by atoms with Gasteiger partial charge < -0.3 is 14.8 Å². The van der Waals surface area contributed by atoms with Crippen LogP contribution in [0.15, 0.2) is 48.5 Å². The Morgan fingerprint density at radius 3 is 2.50 bits per heavy atom. The topological polar surface area (TPSA) is 71.3 Å². The van der Waals surface area contributed by atoms with Crippen molar-refractivity contribution in [1.82, 2.24) is 5.32 Å². The summed E-state index contributed by atoms with van der Waals surface area (Å²) in [5, 5.41) is 11.1. The minimum Gasteiger partial charge on any atom is -0.490 e. The number of ether oxygens (including phenoxy) is 2. The van der Waals surface area contributed by atoms with E-state index in [2.05, 4.69) is 5.32 Å². The van der Waals surface area contributed by atoms with E-state index in [1.54, 1.807) is 0 Å². The van der Waals surface area contributed by atoms with Crippen molar-refractivity contribution >= 4 is 5.91 Å². The van der Waals surface area contributed by atoms with Crippen LogP contribution in [0.2, 0.25) is 0 Å². The van der Waals surface area contributed by atoms with Crippen molar-refractivity contribution in [2.45, 2.75) is 19.9 Å². The molecule has 1 amide bonds. The third kappa shape index (κ3) is 6.01. The first-order valence-corrected chi connectivity index (χ1v) is 7.72. The summed E-state index contributed by atoms with van der Waals surface area (Å²) in [5.41, 5.74) is 2.11. The summed E-state index contributed by atoms with van der Waals surface area (Å²) in [6.45, 7) is 3.28. The van der Waals surface area contributed by atoms with Crippen LogP contribution >= 0.6 is 0 Å². The average molecular weight is 324 g/mol. The lowest BCUT2D eigenvalue weighted by molar-refractivity contribution is -0.120. The molecule has 5 heteroatoms. The molecule has 0 atom stereocenters. The molecule has 124 valence electrons. The van der Waals surface area contributed by atoms with Gasteiger partial charge in [-0.1, -0.05) is 29.8 Å². The molecule has 0 unspecified atom stereocenters. The number of hydrogen-bond acceptors (Lipinski definition) is 4. The zero-order valence-corrected chi connectivity index (χ0v) is 13.6. The van der Waals surface area contributed by atoms with Gasteiger partial charge in [0.05, 0.1) is 6.07 Å². The molecule has 2 rings (SSSR count). The van der Waals surface area contributed by atoms with E-state index >= 15 is 0 Å². The molecule has 24 heavy (non-hydrogen) atoms. The minimum absolute atomic E-state index is 0.132. The maximum Gasteiger partial charge on any atom is 0.234 e. The Kier molecular flexibility index (Phi) is 6.66. The number of aryl methyl sites for hydroxylation is 1. The molecule has 0 bridgehead atoms. The minimum atomic E-state index is -0.282. The van der Waals surface area contributed by atoms with Gasteiger partial charge in [0, 0.05) is 6.54 Å². The molecular weight excluding hydrogens is 304 g/mol. The molecule has 0 aliphatic carbocycles. The van der Waals surface area contributed by atoms with Crippen molar-refractivity contribution < 1.29 is 14.3 Å². The summed E-state index contributed by atoms with van der Waals surface area (Å²) in [4.78, 5) is 11.3. The molecule has 0 fully saturated rings. The Balaban J connectivity index is 1.74. The van der Waals surface area contributed by atoms with Gasteiger partial charge in [0.1, 0.15) is 31.1 Å². The third-order valence-electron chi connectivity index (χ3n) is 3.27. The maximum absolute atomic E-state index is 11.3. The summed E-state index contributed by atoms with van der Waals surface area (Å²) >= 11 is 0. The number of amides is 1. The number of benzene rings is 2. The summed E-state index contributed by atoms with van der Waals surface area (Å²) < 4.78 is 11.3. The number of nitrogens with one attached hydrogen (secondary N) is 1.